The van der Waals surface area contributed by atoms with Crippen LogP contribution < -0.4 is 10.1 Å². The molecule has 0 aliphatic heterocycles. The number of carbonyl (C=O) groups is 1. The first-order chi connectivity index (χ1) is 8.45. The highest BCUT2D eigenvalue weighted by Gasteiger charge is 2.12. The summed E-state index contributed by atoms with van der Waals surface area (Å²) in [6.07, 6.45) is 0. The van der Waals surface area contributed by atoms with Gasteiger partial charge in [-0.25, -0.2) is 0 Å². The summed E-state index contributed by atoms with van der Waals surface area (Å²) in [4.78, 5) is 13.5. The summed E-state index contributed by atoms with van der Waals surface area (Å²) < 4.78 is 6.05. The van der Waals surface area contributed by atoms with Crippen LogP contribution in [-0.4, -0.2) is 37.6 Å². The van der Waals surface area contributed by atoms with Crippen LogP contribution in [-0.2, 0) is 4.79 Å². The number of hydrogen-bond donors (Lipinski definition) is 1. The number of halogens is 1. The Morgan fingerprint density at radius 1 is 1.50 bits per heavy atom. The number of nitrogens with zero attached hydrogens (tertiary/aromatic N) is 1. The SMILES string of the molecule is COc1ccc(Br)c(NCC(=O)N(C)C(C)C)c1. The molecular formula is C13H19BrN2O2. The van der Waals surface area contributed by atoms with Gasteiger partial charge in [0.05, 0.1) is 19.3 Å². The number of hydrogen-bond acceptors (Lipinski definition) is 3. The molecule has 1 N–H and O–H groups in total. The van der Waals surface area contributed by atoms with Crippen molar-refractivity contribution in [3.63, 3.8) is 0 Å². The first-order valence-corrected chi connectivity index (χ1v) is 6.58. The Balaban J connectivity index is 2.66. The topological polar surface area (TPSA) is 41.6 Å². The van der Waals surface area contributed by atoms with Gasteiger partial charge in [-0.15, -0.1) is 0 Å². The molecule has 0 aromatic heterocycles. The summed E-state index contributed by atoms with van der Waals surface area (Å²) in [7, 11) is 3.42. The number of carbonyl (C=O) groups excluding carboxylic acids is 1. The van der Waals surface area contributed by atoms with E-state index >= 15 is 0 Å². The van der Waals surface area contributed by atoms with E-state index in [1.54, 1.807) is 19.1 Å². The van der Waals surface area contributed by atoms with Crippen LogP contribution in [0.25, 0.3) is 0 Å². The van der Waals surface area contributed by atoms with Crippen LogP contribution in [0.3, 0.4) is 0 Å². The Morgan fingerprint density at radius 2 is 2.17 bits per heavy atom. The summed E-state index contributed by atoms with van der Waals surface area (Å²) in [5, 5.41) is 3.11. The molecule has 0 unspecified atom stereocenters. The molecular weight excluding hydrogens is 296 g/mol. The fourth-order valence-electron chi connectivity index (χ4n) is 1.35. The predicted octanol–water partition coefficient (Wildman–Crippen LogP) is 2.74. The zero-order valence-corrected chi connectivity index (χ0v) is 12.7. The van der Waals surface area contributed by atoms with E-state index in [-0.39, 0.29) is 18.5 Å². The second-order valence-electron chi connectivity index (χ2n) is 4.30. The highest BCUT2D eigenvalue weighted by atomic mass is 79.9. The first-order valence-electron chi connectivity index (χ1n) is 5.78. The summed E-state index contributed by atoms with van der Waals surface area (Å²) in [5.74, 6) is 0.810. The lowest BCUT2D eigenvalue weighted by Crippen LogP contribution is -2.37. The van der Waals surface area contributed by atoms with Crippen molar-refractivity contribution < 1.29 is 9.53 Å². The summed E-state index contributed by atoms with van der Waals surface area (Å²) in [5.41, 5.74) is 0.847. The third-order valence-corrected chi connectivity index (χ3v) is 3.46. The van der Waals surface area contributed by atoms with Gasteiger partial charge in [0.25, 0.3) is 0 Å². The monoisotopic (exact) mass is 314 g/mol. The normalized spacial score (nSPS) is 10.3. The van der Waals surface area contributed by atoms with E-state index in [2.05, 4.69) is 21.2 Å². The van der Waals surface area contributed by atoms with Crippen LogP contribution in [0.2, 0.25) is 0 Å². The molecule has 0 aliphatic rings. The minimum absolute atomic E-state index is 0.0553. The van der Waals surface area contributed by atoms with E-state index in [1.165, 1.54) is 0 Å². The van der Waals surface area contributed by atoms with Gasteiger partial charge >= 0.3 is 0 Å². The van der Waals surface area contributed by atoms with Gasteiger partial charge in [0, 0.05) is 23.6 Å². The standard InChI is InChI=1S/C13H19BrN2O2/c1-9(2)16(3)13(17)8-15-12-7-10(18-4)5-6-11(12)14/h5-7,9,15H,8H2,1-4H3. The van der Waals surface area contributed by atoms with Gasteiger partial charge in [0.1, 0.15) is 5.75 Å². The van der Waals surface area contributed by atoms with Crippen LogP contribution >= 0.6 is 15.9 Å². The lowest BCUT2D eigenvalue weighted by molar-refractivity contribution is -0.129. The van der Waals surface area contributed by atoms with E-state index in [0.29, 0.717) is 0 Å². The highest BCUT2D eigenvalue weighted by molar-refractivity contribution is 9.10. The van der Waals surface area contributed by atoms with Crippen molar-refractivity contribution in [1.29, 1.82) is 0 Å². The zero-order valence-electron chi connectivity index (χ0n) is 11.2. The second-order valence-corrected chi connectivity index (χ2v) is 5.15. The first kappa shape index (κ1) is 14.8. The van der Waals surface area contributed by atoms with Crippen molar-refractivity contribution in [2.45, 2.75) is 19.9 Å². The number of nitrogens with one attached hydrogen (secondary N) is 1. The third kappa shape index (κ3) is 3.91. The van der Waals surface area contributed by atoms with E-state index < -0.39 is 0 Å². The van der Waals surface area contributed by atoms with Crippen molar-refractivity contribution in [3.8, 4) is 5.75 Å². The van der Waals surface area contributed by atoms with Crippen LogP contribution in [0.15, 0.2) is 22.7 Å². The molecule has 1 aromatic carbocycles. The van der Waals surface area contributed by atoms with Gasteiger partial charge < -0.3 is 15.0 Å². The van der Waals surface area contributed by atoms with Crippen LogP contribution in [0.5, 0.6) is 5.75 Å². The quantitative estimate of drug-likeness (QED) is 0.908. The lowest BCUT2D eigenvalue weighted by atomic mass is 10.3. The Kier molecular flexibility index (Phi) is 5.47. The lowest BCUT2D eigenvalue weighted by Gasteiger charge is -2.22. The molecule has 4 nitrogen and oxygen atoms in total. The molecule has 1 rings (SSSR count). The summed E-state index contributed by atoms with van der Waals surface area (Å²) >= 11 is 3.43. The van der Waals surface area contributed by atoms with Crippen LogP contribution in [0.4, 0.5) is 5.69 Å². The average molecular weight is 315 g/mol. The van der Waals surface area contributed by atoms with Crippen molar-refractivity contribution in [2.75, 3.05) is 26.0 Å². The predicted molar refractivity (Wildman–Crippen MR) is 77.1 cm³/mol. The fourth-order valence-corrected chi connectivity index (χ4v) is 1.74. The van der Waals surface area contributed by atoms with E-state index in [0.717, 1.165) is 15.9 Å². The molecule has 0 radical (unpaired) electrons. The number of methoxy groups -OCH3 is 1. The van der Waals surface area contributed by atoms with Gasteiger partial charge in [-0.3, -0.25) is 4.79 Å². The molecule has 100 valence electrons. The van der Waals surface area contributed by atoms with Crippen molar-refractivity contribution >= 4 is 27.5 Å². The van der Waals surface area contributed by atoms with Crippen molar-refractivity contribution in [2.24, 2.45) is 0 Å². The molecule has 0 heterocycles. The Morgan fingerprint density at radius 3 is 2.72 bits per heavy atom. The number of likely N-dealkylation sites (N-methyl/N-ethyl adjacent to an activating group) is 1. The highest BCUT2D eigenvalue weighted by Crippen LogP contribution is 2.26. The molecule has 18 heavy (non-hydrogen) atoms. The zero-order chi connectivity index (χ0) is 13.7. The molecule has 0 atom stereocenters. The third-order valence-electron chi connectivity index (χ3n) is 2.77. The van der Waals surface area contributed by atoms with Crippen molar-refractivity contribution in [1.82, 2.24) is 4.90 Å². The van der Waals surface area contributed by atoms with E-state index in [9.17, 15) is 4.79 Å². The summed E-state index contributed by atoms with van der Waals surface area (Å²) in [6.45, 7) is 4.24. The maximum atomic E-state index is 11.8. The van der Waals surface area contributed by atoms with Gasteiger partial charge in [-0.1, -0.05) is 0 Å². The van der Waals surface area contributed by atoms with Crippen molar-refractivity contribution in [3.05, 3.63) is 22.7 Å². The molecule has 0 fully saturated rings. The minimum Gasteiger partial charge on any atom is -0.497 e. The van der Waals surface area contributed by atoms with Gasteiger partial charge in [-0.2, -0.15) is 0 Å². The molecule has 0 spiro atoms. The fraction of sp³-hybridized carbons (Fsp3) is 0.462. The smallest absolute Gasteiger partial charge is 0.241 e. The molecule has 0 saturated heterocycles. The molecule has 5 heteroatoms. The van der Waals surface area contributed by atoms with Crippen LogP contribution in [0.1, 0.15) is 13.8 Å². The number of anilines is 1. The minimum atomic E-state index is 0.0553. The van der Waals surface area contributed by atoms with E-state index in [4.69, 9.17) is 4.74 Å². The number of benzene rings is 1. The Hall–Kier alpha value is -1.23. The molecule has 1 aromatic rings. The molecule has 0 aliphatic carbocycles. The number of amides is 1. The largest absolute Gasteiger partial charge is 0.497 e. The number of ether oxygens (including phenoxy) is 1. The molecule has 0 saturated carbocycles. The summed E-state index contributed by atoms with van der Waals surface area (Å²) in [6, 6.07) is 5.80. The molecule has 0 bridgehead atoms. The Labute approximate surface area is 116 Å². The maximum absolute atomic E-state index is 11.8. The average Bonchev–Trinajstić information content (AvgIpc) is 2.36. The van der Waals surface area contributed by atoms with Gasteiger partial charge in [-0.05, 0) is 41.9 Å². The molecule has 1 amide bonds. The maximum Gasteiger partial charge on any atom is 0.241 e. The van der Waals surface area contributed by atoms with Gasteiger partial charge in [0.15, 0.2) is 0 Å². The van der Waals surface area contributed by atoms with E-state index in [1.807, 2.05) is 32.0 Å². The Bertz CT molecular complexity index is 421. The second kappa shape index (κ2) is 6.64. The van der Waals surface area contributed by atoms with Crippen LogP contribution in [0, 0.1) is 0 Å². The van der Waals surface area contributed by atoms with Gasteiger partial charge in [0.2, 0.25) is 5.91 Å². The number of rotatable bonds is 5.